The average Bonchev–Trinajstić information content (AvgIpc) is 2.82. The normalized spacial score (nSPS) is 18.1. The smallest absolute Gasteiger partial charge is 0.266 e. The molecule has 10 heteroatoms. The van der Waals surface area contributed by atoms with E-state index in [2.05, 4.69) is 4.98 Å². The highest BCUT2D eigenvalue weighted by atomic mass is 32.2. The number of nitrogens with one attached hydrogen (secondary N) is 1. The van der Waals surface area contributed by atoms with Crippen molar-refractivity contribution >= 4 is 27.3 Å². The summed E-state index contributed by atoms with van der Waals surface area (Å²) in [6.07, 6.45) is -3.99. The SMILES string of the molecule is CC1(S(=O)(=O)NC(=O)c2ncsc2C(F)(F)F)CC1. The third-order valence-corrected chi connectivity index (χ3v) is 5.90. The van der Waals surface area contributed by atoms with E-state index in [0.29, 0.717) is 12.8 Å². The predicted octanol–water partition coefficient (Wildman–Crippen LogP) is 1.77. The molecule has 1 aromatic rings. The predicted molar refractivity (Wildman–Crippen MR) is 61.1 cm³/mol. The van der Waals surface area contributed by atoms with Crippen LogP contribution in [0.2, 0.25) is 0 Å². The van der Waals surface area contributed by atoms with E-state index in [4.69, 9.17) is 0 Å². The van der Waals surface area contributed by atoms with Crippen LogP contribution in [-0.2, 0) is 16.2 Å². The monoisotopic (exact) mass is 314 g/mol. The van der Waals surface area contributed by atoms with Gasteiger partial charge in [-0.3, -0.25) is 4.79 Å². The summed E-state index contributed by atoms with van der Waals surface area (Å²) in [5.74, 6) is -1.35. The molecule has 0 spiro atoms. The number of halogens is 3. The highest BCUT2D eigenvalue weighted by molar-refractivity contribution is 7.91. The Labute approximate surface area is 110 Å². The van der Waals surface area contributed by atoms with Crippen LogP contribution < -0.4 is 4.72 Å². The van der Waals surface area contributed by atoms with E-state index in [1.54, 1.807) is 4.72 Å². The lowest BCUT2D eigenvalue weighted by Crippen LogP contribution is -2.39. The minimum atomic E-state index is -4.74. The number of sulfonamides is 1. The van der Waals surface area contributed by atoms with Crippen LogP contribution in [0.25, 0.3) is 0 Å². The molecule has 1 heterocycles. The number of carbonyl (C=O) groups excluding carboxylic acids is 1. The van der Waals surface area contributed by atoms with Gasteiger partial charge in [0, 0.05) is 0 Å². The van der Waals surface area contributed by atoms with Gasteiger partial charge in [0.25, 0.3) is 5.91 Å². The summed E-state index contributed by atoms with van der Waals surface area (Å²) in [5.41, 5.74) is -0.0613. The van der Waals surface area contributed by atoms with E-state index in [-0.39, 0.29) is 11.3 Å². The van der Waals surface area contributed by atoms with Gasteiger partial charge in [-0.15, -0.1) is 11.3 Å². The number of hydrogen-bond donors (Lipinski definition) is 1. The molecule has 0 radical (unpaired) electrons. The van der Waals surface area contributed by atoms with Gasteiger partial charge < -0.3 is 0 Å². The largest absolute Gasteiger partial charge is 0.427 e. The Morgan fingerprint density at radius 2 is 2.05 bits per heavy atom. The van der Waals surface area contributed by atoms with E-state index in [1.165, 1.54) is 6.92 Å². The molecule has 0 saturated heterocycles. The Morgan fingerprint density at radius 1 is 1.47 bits per heavy atom. The maximum Gasteiger partial charge on any atom is 0.427 e. The van der Waals surface area contributed by atoms with Crippen LogP contribution in [0, 0.1) is 0 Å². The first-order chi connectivity index (χ1) is 8.57. The Hall–Kier alpha value is -1.16. The molecule has 5 nitrogen and oxygen atoms in total. The molecule has 19 heavy (non-hydrogen) atoms. The highest BCUT2D eigenvalue weighted by Gasteiger charge is 2.51. The number of alkyl halides is 3. The molecule has 0 atom stereocenters. The first-order valence-electron chi connectivity index (χ1n) is 5.14. The van der Waals surface area contributed by atoms with Crippen LogP contribution in [0.4, 0.5) is 13.2 Å². The van der Waals surface area contributed by atoms with Crippen LogP contribution in [-0.4, -0.2) is 24.1 Å². The van der Waals surface area contributed by atoms with E-state index in [9.17, 15) is 26.4 Å². The lowest BCUT2D eigenvalue weighted by molar-refractivity contribution is -0.134. The zero-order chi connectivity index (χ0) is 14.5. The Kier molecular flexibility index (Phi) is 3.13. The van der Waals surface area contributed by atoms with Crippen molar-refractivity contribution in [2.24, 2.45) is 0 Å². The van der Waals surface area contributed by atoms with Crippen LogP contribution >= 0.6 is 11.3 Å². The molecule has 1 aliphatic rings. The van der Waals surface area contributed by atoms with Gasteiger partial charge in [-0.2, -0.15) is 13.2 Å². The zero-order valence-corrected chi connectivity index (χ0v) is 11.2. The molecule has 0 bridgehead atoms. The number of aromatic nitrogens is 1. The summed E-state index contributed by atoms with van der Waals surface area (Å²) >= 11 is 0.242. The summed E-state index contributed by atoms with van der Waals surface area (Å²) in [6, 6.07) is 0. The summed E-state index contributed by atoms with van der Waals surface area (Å²) in [4.78, 5) is 13.7. The summed E-state index contributed by atoms with van der Waals surface area (Å²) in [7, 11) is -3.98. The second kappa shape index (κ2) is 4.17. The van der Waals surface area contributed by atoms with Gasteiger partial charge >= 0.3 is 6.18 Å². The summed E-state index contributed by atoms with van der Waals surface area (Å²) in [5, 5.41) is 0. The van der Waals surface area contributed by atoms with Crippen molar-refractivity contribution < 1.29 is 26.4 Å². The van der Waals surface area contributed by atoms with Gasteiger partial charge in [0.2, 0.25) is 10.0 Å². The number of hydrogen-bond acceptors (Lipinski definition) is 5. The number of rotatable bonds is 3. The maximum atomic E-state index is 12.6. The van der Waals surface area contributed by atoms with Crippen molar-refractivity contribution in [2.75, 3.05) is 0 Å². The topological polar surface area (TPSA) is 76.1 Å². The fourth-order valence-electron chi connectivity index (χ4n) is 1.35. The van der Waals surface area contributed by atoms with Crippen LogP contribution in [0.1, 0.15) is 35.1 Å². The molecule has 1 amide bonds. The number of carbonyl (C=O) groups is 1. The zero-order valence-electron chi connectivity index (χ0n) is 9.61. The Bertz CT molecular complexity index is 617. The molecule has 2 rings (SSSR count). The standard InChI is InChI=1S/C9H9F3N2O3S2/c1-8(2-3-8)19(16,17)14-7(15)5-6(9(10,11)12)18-4-13-5/h4H,2-3H2,1H3,(H,14,15). The number of amides is 1. The Morgan fingerprint density at radius 3 is 2.53 bits per heavy atom. The molecule has 1 aliphatic carbocycles. The van der Waals surface area contributed by atoms with Gasteiger partial charge in [0.1, 0.15) is 4.88 Å². The number of thiazole rings is 1. The van der Waals surface area contributed by atoms with Gasteiger partial charge in [0.05, 0.1) is 10.3 Å². The molecule has 1 saturated carbocycles. The van der Waals surface area contributed by atoms with Crippen molar-refractivity contribution in [3.05, 3.63) is 16.1 Å². The van der Waals surface area contributed by atoms with Crippen molar-refractivity contribution in [2.45, 2.75) is 30.7 Å². The lowest BCUT2D eigenvalue weighted by Gasteiger charge is -2.12. The van der Waals surface area contributed by atoms with Gasteiger partial charge in [-0.1, -0.05) is 0 Å². The third kappa shape index (κ3) is 2.59. The maximum absolute atomic E-state index is 12.6. The minimum Gasteiger partial charge on any atom is -0.266 e. The van der Waals surface area contributed by atoms with Crippen LogP contribution in [0.15, 0.2) is 5.51 Å². The van der Waals surface area contributed by atoms with Crippen LogP contribution in [0.5, 0.6) is 0 Å². The highest BCUT2D eigenvalue weighted by Crippen LogP contribution is 2.42. The molecule has 106 valence electrons. The Balaban J connectivity index is 2.25. The van der Waals surface area contributed by atoms with Crippen molar-refractivity contribution in [3.63, 3.8) is 0 Å². The van der Waals surface area contributed by atoms with E-state index in [0.717, 1.165) is 5.51 Å². The molecule has 0 aromatic carbocycles. The fraction of sp³-hybridized carbons (Fsp3) is 0.556. The van der Waals surface area contributed by atoms with Gasteiger partial charge in [0.15, 0.2) is 5.69 Å². The first-order valence-corrected chi connectivity index (χ1v) is 7.50. The van der Waals surface area contributed by atoms with Crippen molar-refractivity contribution in [3.8, 4) is 0 Å². The van der Waals surface area contributed by atoms with Gasteiger partial charge in [-0.05, 0) is 19.8 Å². The molecular weight excluding hydrogens is 305 g/mol. The second-order valence-corrected chi connectivity index (χ2v) is 7.46. The molecule has 0 aliphatic heterocycles. The molecule has 0 unspecified atom stereocenters. The van der Waals surface area contributed by atoms with E-state index >= 15 is 0 Å². The molecule has 1 fully saturated rings. The fourth-order valence-corrected chi connectivity index (χ4v) is 3.23. The second-order valence-electron chi connectivity index (χ2n) is 4.41. The van der Waals surface area contributed by atoms with Crippen LogP contribution in [0.3, 0.4) is 0 Å². The minimum absolute atomic E-state index is 0.242. The molecular formula is C9H9F3N2O3S2. The third-order valence-electron chi connectivity index (χ3n) is 2.87. The van der Waals surface area contributed by atoms with E-state index < -0.39 is 37.4 Å². The van der Waals surface area contributed by atoms with Crippen molar-refractivity contribution in [1.82, 2.24) is 9.71 Å². The number of nitrogens with zero attached hydrogens (tertiary/aromatic N) is 1. The summed E-state index contributed by atoms with van der Waals surface area (Å²) < 4.78 is 61.8. The quantitative estimate of drug-likeness (QED) is 0.922. The first kappa shape index (κ1) is 14.3. The average molecular weight is 314 g/mol. The molecule has 1 N–H and O–H groups in total. The van der Waals surface area contributed by atoms with Crippen molar-refractivity contribution in [1.29, 1.82) is 0 Å². The van der Waals surface area contributed by atoms with E-state index in [1.807, 2.05) is 0 Å². The molecule has 1 aromatic heterocycles. The lowest BCUT2D eigenvalue weighted by atomic mass is 10.3. The van der Waals surface area contributed by atoms with Gasteiger partial charge in [-0.25, -0.2) is 18.1 Å². The summed E-state index contributed by atoms with van der Waals surface area (Å²) in [6.45, 7) is 1.42.